The van der Waals surface area contributed by atoms with Gasteiger partial charge in [0, 0.05) is 19.4 Å². The summed E-state index contributed by atoms with van der Waals surface area (Å²) in [5.74, 6) is -0.398. The van der Waals surface area contributed by atoms with Gasteiger partial charge >= 0.3 is 11.9 Å². The van der Waals surface area contributed by atoms with Crippen molar-refractivity contribution in [1.82, 2.24) is 0 Å². The average Bonchev–Trinajstić information content (AvgIpc) is 3.34. The molecule has 0 aromatic rings. The molecule has 0 saturated carbocycles. The Kier molecular flexibility index (Phi) is 57.3. The fourth-order valence-corrected chi connectivity index (χ4v) is 8.77. The van der Waals surface area contributed by atoms with Crippen LogP contribution in [-0.2, 0) is 23.8 Å². The van der Waals surface area contributed by atoms with E-state index in [1.54, 1.807) is 0 Å². The van der Waals surface area contributed by atoms with Crippen molar-refractivity contribution >= 4 is 11.9 Å². The molecule has 0 radical (unpaired) electrons. The Labute approximate surface area is 424 Å². The van der Waals surface area contributed by atoms with Gasteiger partial charge in [-0.25, -0.2) is 0 Å². The van der Waals surface area contributed by atoms with Gasteiger partial charge in [0.05, 0.1) is 6.61 Å². The van der Waals surface area contributed by atoms with E-state index in [0.29, 0.717) is 19.4 Å². The van der Waals surface area contributed by atoms with Crippen LogP contribution in [0.3, 0.4) is 0 Å². The molecule has 0 aliphatic carbocycles. The maximum absolute atomic E-state index is 12.8. The highest BCUT2D eigenvalue weighted by atomic mass is 16.6. The lowest BCUT2D eigenvalue weighted by Gasteiger charge is -2.18. The molecule has 0 heterocycles. The van der Waals surface area contributed by atoms with Gasteiger partial charge < -0.3 is 14.2 Å². The summed E-state index contributed by atoms with van der Waals surface area (Å²) in [5, 5.41) is 0. The summed E-state index contributed by atoms with van der Waals surface area (Å²) < 4.78 is 17.5. The molecule has 0 bridgehead atoms. The van der Waals surface area contributed by atoms with Gasteiger partial charge in [-0.05, 0) is 103 Å². The highest BCUT2D eigenvalue weighted by Crippen LogP contribution is 2.16. The lowest BCUT2D eigenvalue weighted by molar-refractivity contribution is -0.163. The Bertz CT molecular complexity index is 1120. The highest BCUT2D eigenvalue weighted by Gasteiger charge is 2.17. The molecule has 5 heteroatoms. The van der Waals surface area contributed by atoms with Crippen LogP contribution >= 0.6 is 0 Å². The summed E-state index contributed by atoms with van der Waals surface area (Å²) in [7, 11) is 0. The monoisotopic (exact) mass is 953 g/mol. The van der Waals surface area contributed by atoms with Crippen LogP contribution in [-0.4, -0.2) is 37.9 Å². The first-order valence-corrected chi connectivity index (χ1v) is 30.2. The smallest absolute Gasteiger partial charge is 0.306 e. The van der Waals surface area contributed by atoms with Crippen LogP contribution in [0.2, 0.25) is 0 Å². The summed E-state index contributed by atoms with van der Waals surface area (Å²) in [6.45, 7) is 7.82. The number of rotatable bonds is 56. The van der Waals surface area contributed by atoms with E-state index in [2.05, 4.69) is 69.4 Å². The van der Waals surface area contributed by atoms with Crippen LogP contribution in [0.4, 0.5) is 0 Å². The first-order chi connectivity index (χ1) is 33.6. The Morgan fingerprint density at radius 1 is 0.324 bits per heavy atom. The maximum Gasteiger partial charge on any atom is 0.306 e. The minimum Gasteiger partial charge on any atom is -0.462 e. The van der Waals surface area contributed by atoms with Gasteiger partial charge in [-0.3, -0.25) is 9.59 Å². The molecule has 0 saturated heterocycles. The van der Waals surface area contributed by atoms with Crippen LogP contribution in [0.15, 0.2) is 48.6 Å². The predicted octanol–water partition coefficient (Wildman–Crippen LogP) is 20.7. The van der Waals surface area contributed by atoms with Gasteiger partial charge in [-0.15, -0.1) is 0 Å². The zero-order chi connectivity index (χ0) is 49.2. The van der Waals surface area contributed by atoms with Crippen LogP contribution in [0.5, 0.6) is 0 Å². The lowest BCUT2D eigenvalue weighted by atomic mass is 10.1. The van der Waals surface area contributed by atoms with E-state index >= 15 is 0 Å². The quantitative estimate of drug-likeness (QED) is 0.0345. The molecule has 0 rings (SSSR count). The van der Waals surface area contributed by atoms with Gasteiger partial charge in [0.15, 0.2) is 6.10 Å². The largest absolute Gasteiger partial charge is 0.462 e. The molecule has 68 heavy (non-hydrogen) atoms. The number of esters is 2. The Balaban J connectivity index is 4.22. The van der Waals surface area contributed by atoms with Gasteiger partial charge in [-0.1, -0.05) is 249 Å². The predicted molar refractivity (Wildman–Crippen MR) is 298 cm³/mol. The van der Waals surface area contributed by atoms with Crippen molar-refractivity contribution in [1.29, 1.82) is 0 Å². The maximum atomic E-state index is 12.8. The van der Waals surface area contributed by atoms with E-state index in [1.807, 2.05) is 0 Å². The summed E-state index contributed by atoms with van der Waals surface area (Å²) >= 11 is 0. The summed E-state index contributed by atoms with van der Waals surface area (Å²) in [5.41, 5.74) is 0. The second-order valence-electron chi connectivity index (χ2n) is 20.2. The Morgan fingerprint density at radius 2 is 0.618 bits per heavy atom. The molecule has 0 aliphatic rings. The van der Waals surface area contributed by atoms with Crippen molar-refractivity contribution in [2.75, 3.05) is 19.8 Å². The second kappa shape index (κ2) is 59.2. The standard InChI is InChI=1S/C63H116O5/c1-4-7-10-13-16-19-22-25-27-29-31-33-35-37-40-43-46-49-52-55-58-66-59-61(68-63(65)57-54-51-48-45-42-38-24-21-18-15-12-9-6-3)60-67-62(64)56-53-50-47-44-41-39-36-34-32-30-28-26-23-20-17-14-11-8-5-2/h17,20-21,24-28,61H,4-16,18-19,22-23,29-60H2,1-3H3/b20-17-,24-21-,27-25-,28-26-. The fourth-order valence-electron chi connectivity index (χ4n) is 8.77. The molecule has 0 spiro atoms. The van der Waals surface area contributed by atoms with Crippen molar-refractivity contribution in [3.8, 4) is 0 Å². The molecule has 0 N–H and O–H groups in total. The van der Waals surface area contributed by atoms with Crippen molar-refractivity contribution < 1.29 is 23.8 Å². The van der Waals surface area contributed by atoms with E-state index in [0.717, 1.165) is 57.8 Å². The highest BCUT2D eigenvalue weighted by molar-refractivity contribution is 5.70. The van der Waals surface area contributed by atoms with Crippen LogP contribution in [0.1, 0.15) is 316 Å². The molecule has 0 aromatic heterocycles. The van der Waals surface area contributed by atoms with Crippen molar-refractivity contribution in [2.45, 2.75) is 322 Å². The van der Waals surface area contributed by atoms with Gasteiger partial charge in [-0.2, -0.15) is 0 Å². The zero-order valence-electron chi connectivity index (χ0n) is 45.9. The minimum absolute atomic E-state index is 0.0820. The molecular formula is C63H116O5. The number of hydrogen-bond acceptors (Lipinski definition) is 5. The van der Waals surface area contributed by atoms with Gasteiger partial charge in [0.1, 0.15) is 6.61 Å². The number of ether oxygens (including phenoxy) is 3. The molecule has 1 unspecified atom stereocenters. The minimum atomic E-state index is -0.542. The molecule has 5 nitrogen and oxygen atoms in total. The summed E-state index contributed by atoms with van der Waals surface area (Å²) in [4.78, 5) is 25.5. The average molecular weight is 954 g/mol. The Morgan fingerprint density at radius 3 is 1.03 bits per heavy atom. The van der Waals surface area contributed by atoms with E-state index in [4.69, 9.17) is 14.2 Å². The number of carbonyl (C=O) groups is 2. The molecule has 398 valence electrons. The van der Waals surface area contributed by atoms with E-state index < -0.39 is 6.10 Å². The molecule has 0 amide bonds. The van der Waals surface area contributed by atoms with Gasteiger partial charge in [0.25, 0.3) is 0 Å². The zero-order valence-corrected chi connectivity index (χ0v) is 45.9. The number of carbonyl (C=O) groups excluding carboxylic acids is 2. The summed E-state index contributed by atoms with van der Waals surface area (Å²) in [6, 6.07) is 0. The molecule has 0 aliphatic heterocycles. The van der Waals surface area contributed by atoms with Crippen LogP contribution in [0.25, 0.3) is 0 Å². The number of unbranched alkanes of at least 4 members (excludes halogenated alkanes) is 37. The van der Waals surface area contributed by atoms with E-state index in [9.17, 15) is 9.59 Å². The van der Waals surface area contributed by atoms with E-state index in [-0.39, 0.29) is 25.2 Å². The molecular weight excluding hydrogens is 837 g/mol. The van der Waals surface area contributed by atoms with E-state index in [1.165, 1.54) is 225 Å². The molecule has 0 fully saturated rings. The summed E-state index contributed by atoms with van der Waals surface area (Å²) in [6.07, 6.45) is 74.2. The fraction of sp³-hybridized carbons (Fsp3) is 0.841. The van der Waals surface area contributed by atoms with Crippen LogP contribution < -0.4 is 0 Å². The molecule has 1 atom stereocenters. The van der Waals surface area contributed by atoms with Crippen molar-refractivity contribution in [2.24, 2.45) is 0 Å². The number of allylic oxidation sites excluding steroid dienone is 8. The van der Waals surface area contributed by atoms with Crippen molar-refractivity contribution in [3.05, 3.63) is 48.6 Å². The SMILES string of the molecule is CCCCC/C=C\C/C=C\CCCCCCCCCCCC(=O)OCC(COCCCCCCCCCCCC/C=C\CCCCCCCC)OC(=O)CCCCCCC/C=C\CCCCCC. The third-order valence-electron chi connectivity index (χ3n) is 13.3. The Hall–Kier alpha value is -2.14. The second-order valence-corrected chi connectivity index (χ2v) is 20.2. The third-order valence-corrected chi connectivity index (χ3v) is 13.3. The third kappa shape index (κ3) is 56.4. The lowest BCUT2D eigenvalue weighted by Crippen LogP contribution is -2.30. The number of hydrogen-bond donors (Lipinski definition) is 0. The normalized spacial score (nSPS) is 12.5. The first-order valence-electron chi connectivity index (χ1n) is 30.2. The first kappa shape index (κ1) is 65.9. The molecule has 0 aromatic carbocycles. The van der Waals surface area contributed by atoms with Crippen LogP contribution in [0, 0.1) is 0 Å². The van der Waals surface area contributed by atoms with Crippen molar-refractivity contribution in [3.63, 3.8) is 0 Å². The van der Waals surface area contributed by atoms with Gasteiger partial charge in [0.2, 0.25) is 0 Å². The topological polar surface area (TPSA) is 61.8 Å².